The highest BCUT2D eigenvalue weighted by atomic mass is 16.6. The largest absolute Gasteiger partial charge is 0.469 e. The fourth-order valence-corrected chi connectivity index (χ4v) is 1.67. The van der Waals surface area contributed by atoms with Crippen LogP contribution in [-0.4, -0.2) is 44.9 Å². The third-order valence-corrected chi connectivity index (χ3v) is 2.90. The molecule has 1 amide bonds. The van der Waals surface area contributed by atoms with Crippen molar-refractivity contribution >= 4 is 18.0 Å². The van der Waals surface area contributed by atoms with Gasteiger partial charge >= 0.3 is 18.0 Å². The van der Waals surface area contributed by atoms with Crippen LogP contribution < -0.4 is 5.32 Å². The van der Waals surface area contributed by atoms with E-state index in [0.717, 1.165) is 13.5 Å². The Morgan fingerprint density at radius 2 is 1.82 bits per heavy atom. The molecule has 0 aliphatic rings. The number of hydrogen-bond donors (Lipinski definition) is 1. The predicted octanol–water partition coefficient (Wildman–Crippen LogP) is 1.15. The number of nitrogens with zero attached hydrogens (tertiary/aromatic N) is 1. The van der Waals surface area contributed by atoms with Crippen molar-refractivity contribution in [3.8, 4) is 6.07 Å². The molecule has 2 atom stereocenters. The van der Waals surface area contributed by atoms with Crippen molar-refractivity contribution in [3.63, 3.8) is 0 Å². The second kappa shape index (κ2) is 11.4. The maximum atomic E-state index is 11.7. The molecule has 1 N–H and O–H groups in total. The van der Waals surface area contributed by atoms with Crippen molar-refractivity contribution in [2.24, 2.45) is 5.92 Å². The van der Waals surface area contributed by atoms with Crippen LogP contribution in [0.2, 0.25) is 0 Å². The Hall–Kier alpha value is -2.30. The number of rotatable bonds is 9. The minimum absolute atomic E-state index is 0.101. The Morgan fingerprint density at radius 3 is 2.32 bits per heavy atom. The number of nitrogens with one attached hydrogen (secondary N) is 1. The predicted molar refractivity (Wildman–Crippen MR) is 75.5 cm³/mol. The Balaban J connectivity index is 4.75. The van der Waals surface area contributed by atoms with Crippen LogP contribution in [0.3, 0.4) is 0 Å². The number of esters is 2. The van der Waals surface area contributed by atoms with Crippen molar-refractivity contribution in [2.75, 3.05) is 20.8 Å². The van der Waals surface area contributed by atoms with Crippen molar-refractivity contribution < 1.29 is 28.6 Å². The number of unbranched alkanes of at least 4 members (excludes halogenated alkanes) is 1. The zero-order chi connectivity index (χ0) is 17.0. The molecule has 0 aromatic heterocycles. The third-order valence-electron chi connectivity index (χ3n) is 2.90. The molecular formula is C14H22N2O6. The van der Waals surface area contributed by atoms with Crippen LogP contribution in [0.5, 0.6) is 0 Å². The van der Waals surface area contributed by atoms with E-state index in [1.165, 1.54) is 7.11 Å². The quantitative estimate of drug-likeness (QED) is 0.385. The second-order valence-corrected chi connectivity index (χ2v) is 4.53. The molecular weight excluding hydrogens is 292 g/mol. The van der Waals surface area contributed by atoms with Gasteiger partial charge in [0, 0.05) is 6.42 Å². The Morgan fingerprint density at radius 1 is 1.18 bits per heavy atom. The molecule has 0 bridgehead atoms. The summed E-state index contributed by atoms with van der Waals surface area (Å²) < 4.78 is 14.1. The van der Waals surface area contributed by atoms with E-state index in [9.17, 15) is 14.4 Å². The molecule has 0 aromatic carbocycles. The molecule has 8 nitrogen and oxygen atoms in total. The first-order chi connectivity index (χ1) is 10.5. The van der Waals surface area contributed by atoms with Crippen LogP contribution in [0.15, 0.2) is 0 Å². The van der Waals surface area contributed by atoms with Gasteiger partial charge in [-0.2, -0.15) is 5.26 Å². The van der Waals surface area contributed by atoms with Crippen molar-refractivity contribution in [3.05, 3.63) is 0 Å². The second-order valence-electron chi connectivity index (χ2n) is 4.53. The van der Waals surface area contributed by atoms with Gasteiger partial charge in [-0.15, -0.1) is 0 Å². The number of amides is 1. The molecule has 0 aliphatic heterocycles. The van der Waals surface area contributed by atoms with E-state index < -0.39 is 30.0 Å². The SMILES string of the molecule is CCCCOC(=O)NC(CC(CC#N)C(=O)OC)C(=O)OC. The summed E-state index contributed by atoms with van der Waals surface area (Å²) in [5.41, 5.74) is 0. The molecule has 0 aliphatic carbocycles. The van der Waals surface area contributed by atoms with Crippen LogP contribution in [0.25, 0.3) is 0 Å². The fraction of sp³-hybridized carbons (Fsp3) is 0.714. The van der Waals surface area contributed by atoms with Crippen LogP contribution in [-0.2, 0) is 23.8 Å². The standard InChI is InChI=1S/C14H22N2O6/c1-4-5-8-22-14(19)16-11(13(18)21-3)9-10(6-7-15)12(17)20-2/h10-11H,4-6,8-9H2,1-3H3,(H,16,19). The molecule has 0 aromatic rings. The number of hydrogen-bond acceptors (Lipinski definition) is 7. The maximum Gasteiger partial charge on any atom is 0.407 e. The van der Waals surface area contributed by atoms with E-state index in [-0.39, 0.29) is 19.4 Å². The number of nitriles is 1. The highest BCUT2D eigenvalue weighted by Gasteiger charge is 2.30. The average molecular weight is 314 g/mol. The van der Waals surface area contributed by atoms with Gasteiger partial charge in [-0.3, -0.25) is 4.79 Å². The summed E-state index contributed by atoms with van der Waals surface area (Å²) in [6, 6.07) is 0.757. The summed E-state index contributed by atoms with van der Waals surface area (Å²) in [6.45, 7) is 2.18. The lowest BCUT2D eigenvalue weighted by Crippen LogP contribution is -2.44. The lowest BCUT2D eigenvalue weighted by Gasteiger charge is -2.19. The molecule has 0 rings (SSSR count). The van der Waals surface area contributed by atoms with Gasteiger partial charge in [-0.25, -0.2) is 9.59 Å². The number of carbonyl (C=O) groups excluding carboxylic acids is 3. The van der Waals surface area contributed by atoms with Crippen LogP contribution in [0, 0.1) is 17.2 Å². The molecule has 0 fully saturated rings. The van der Waals surface area contributed by atoms with Crippen LogP contribution in [0.4, 0.5) is 4.79 Å². The van der Waals surface area contributed by atoms with E-state index in [2.05, 4.69) is 14.8 Å². The van der Waals surface area contributed by atoms with Crippen molar-refractivity contribution in [2.45, 2.75) is 38.6 Å². The monoisotopic (exact) mass is 314 g/mol. The number of ether oxygens (including phenoxy) is 3. The van der Waals surface area contributed by atoms with Gasteiger partial charge in [-0.05, 0) is 12.8 Å². The van der Waals surface area contributed by atoms with Gasteiger partial charge in [0.05, 0.1) is 32.8 Å². The van der Waals surface area contributed by atoms with E-state index >= 15 is 0 Å². The molecule has 0 saturated heterocycles. The summed E-state index contributed by atoms with van der Waals surface area (Å²) in [7, 11) is 2.35. The Bertz CT molecular complexity index is 418. The fourth-order valence-electron chi connectivity index (χ4n) is 1.67. The molecule has 22 heavy (non-hydrogen) atoms. The zero-order valence-corrected chi connectivity index (χ0v) is 13.1. The molecule has 8 heteroatoms. The normalized spacial score (nSPS) is 12.5. The zero-order valence-electron chi connectivity index (χ0n) is 13.1. The van der Waals surface area contributed by atoms with E-state index in [1.807, 2.05) is 13.0 Å². The lowest BCUT2D eigenvalue weighted by atomic mass is 9.97. The first-order valence-corrected chi connectivity index (χ1v) is 6.95. The lowest BCUT2D eigenvalue weighted by molar-refractivity contribution is -0.147. The van der Waals surface area contributed by atoms with Crippen LogP contribution >= 0.6 is 0 Å². The van der Waals surface area contributed by atoms with Gasteiger partial charge in [0.2, 0.25) is 0 Å². The van der Waals surface area contributed by atoms with Gasteiger partial charge in [0.1, 0.15) is 6.04 Å². The average Bonchev–Trinajstić information content (AvgIpc) is 2.52. The van der Waals surface area contributed by atoms with Gasteiger partial charge in [0.25, 0.3) is 0 Å². The topological polar surface area (TPSA) is 115 Å². The maximum absolute atomic E-state index is 11.7. The summed E-state index contributed by atoms with van der Waals surface area (Å²) in [5, 5.41) is 11.1. The van der Waals surface area contributed by atoms with Gasteiger partial charge < -0.3 is 19.5 Å². The van der Waals surface area contributed by atoms with Gasteiger partial charge in [0.15, 0.2) is 0 Å². The third kappa shape index (κ3) is 7.47. The molecule has 2 unspecified atom stereocenters. The number of alkyl carbamates (subject to hydrolysis) is 1. The highest BCUT2D eigenvalue weighted by molar-refractivity contribution is 5.82. The summed E-state index contributed by atoms with van der Waals surface area (Å²) in [5.74, 6) is -2.19. The smallest absolute Gasteiger partial charge is 0.407 e. The number of methoxy groups -OCH3 is 2. The summed E-state index contributed by atoms with van der Waals surface area (Å²) in [6.07, 6.45) is 0.558. The highest BCUT2D eigenvalue weighted by Crippen LogP contribution is 2.14. The Labute approximate surface area is 129 Å². The molecule has 124 valence electrons. The van der Waals surface area contributed by atoms with E-state index in [1.54, 1.807) is 0 Å². The summed E-state index contributed by atoms with van der Waals surface area (Å²) >= 11 is 0. The minimum atomic E-state index is -1.09. The molecule has 0 heterocycles. The Kier molecular flexibility index (Phi) is 10.2. The van der Waals surface area contributed by atoms with Crippen LogP contribution in [0.1, 0.15) is 32.6 Å². The van der Waals surface area contributed by atoms with Gasteiger partial charge in [-0.1, -0.05) is 13.3 Å². The van der Waals surface area contributed by atoms with E-state index in [4.69, 9.17) is 10.00 Å². The molecule has 0 spiro atoms. The molecule has 0 saturated carbocycles. The van der Waals surface area contributed by atoms with Crippen molar-refractivity contribution in [1.29, 1.82) is 5.26 Å². The minimum Gasteiger partial charge on any atom is -0.469 e. The van der Waals surface area contributed by atoms with E-state index in [0.29, 0.717) is 6.42 Å². The molecule has 0 radical (unpaired) electrons. The first kappa shape index (κ1) is 19.7. The number of carbonyl (C=O) groups is 3. The summed E-state index contributed by atoms with van der Waals surface area (Å²) in [4.78, 5) is 34.9. The van der Waals surface area contributed by atoms with Crippen molar-refractivity contribution in [1.82, 2.24) is 5.32 Å². The first-order valence-electron chi connectivity index (χ1n) is 6.95.